The molecule has 144 valence electrons. The molecule has 2 saturated heterocycles. The number of nitrogens with one attached hydrogen (secondary N) is 1. The molecule has 2 aliphatic heterocycles. The number of ether oxygens (including phenoxy) is 2. The van der Waals surface area contributed by atoms with Gasteiger partial charge in [-0.2, -0.15) is 4.98 Å². The molecule has 0 saturated carbocycles. The Morgan fingerprint density at radius 1 is 1.19 bits per heavy atom. The first-order chi connectivity index (χ1) is 13.3. The van der Waals surface area contributed by atoms with Crippen LogP contribution in [0.3, 0.4) is 0 Å². The molecule has 8 heteroatoms. The van der Waals surface area contributed by atoms with Gasteiger partial charge in [-0.1, -0.05) is 5.16 Å². The molecule has 27 heavy (non-hydrogen) atoms. The van der Waals surface area contributed by atoms with Crippen molar-refractivity contribution >= 4 is 11.6 Å². The lowest BCUT2D eigenvalue weighted by atomic mass is 10.1. The van der Waals surface area contributed by atoms with Crippen LogP contribution in [0.25, 0.3) is 0 Å². The smallest absolute Gasteiger partial charge is 0.255 e. The average Bonchev–Trinajstić information content (AvgIpc) is 3.40. The minimum absolute atomic E-state index is 0.0779. The van der Waals surface area contributed by atoms with Gasteiger partial charge in [0, 0.05) is 43.9 Å². The van der Waals surface area contributed by atoms with E-state index in [1.54, 1.807) is 0 Å². The predicted molar refractivity (Wildman–Crippen MR) is 97.7 cm³/mol. The van der Waals surface area contributed by atoms with Gasteiger partial charge in [0.1, 0.15) is 6.10 Å². The van der Waals surface area contributed by atoms with Gasteiger partial charge in [0.15, 0.2) is 5.82 Å². The van der Waals surface area contributed by atoms with Crippen molar-refractivity contribution in [3.05, 3.63) is 41.5 Å². The summed E-state index contributed by atoms with van der Waals surface area (Å²) in [5, 5.41) is 6.86. The summed E-state index contributed by atoms with van der Waals surface area (Å²) in [5.74, 6) is 1.02. The van der Waals surface area contributed by atoms with Gasteiger partial charge in [-0.25, -0.2) is 0 Å². The van der Waals surface area contributed by atoms with E-state index >= 15 is 0 Å². The zero-order valence-corrected chi connectivity index (χ0v) is 15.2. The normalized spacial score (nSPS) is 20.0. The largest absolute Gasteiger partial charge is 0.378 e. The van der Waals surface area contributed by atoms with E-state index in [0.717, 1.165) is 51.4 Å². The highest BCUT2D eigenvalue weighted by Crippen LogP contribution is 2.26. The summed E-state index contributed by atoms with van der Waals surface area (Å²) < 4.78 is 16.1. The van der Waals surface area contributed by atoms with Gasteiger partial charge in [-0.05, 0) is 37.1 Å². The number of benzene rings is 1. The first kappa shape index (κ1) is 17.9. The Balaban J connectivity index is 1.25. The lowest BCUT2D eigenvalue weighted by molar-refractivity contribution is 0.0835. The van der Waals surface area contributed by atoms with E-state index in [0.29, 0.717) is 30.2 Å². The predicted octanol–water partition coefficient (Wildman–Crippen LogP) is 1.73. The van der Waals surface area contributed by atoms with Crippen LogP contribution >= 0.6 is 0 Å². The molecule has 1 aromatic carbocycles. The minimum atomic E-state index is -0.105. The molecule has 0 spiro atoms. The zero-order chi connectivity index (χ0) is 18.5. The van der Waals surface area contributed by atoms with Crippen LogP contribution in [-0.4, -0.2) is 55.5 Å². The summed E-state index contributed by atoms with van der Waals surface area (Å²) in [6.45, 7) is 4.44. The Hall–Kier alpha value is -2.45. The maximum absolute atomic E-state index is 12.3. The molecule has 0 unspecified atom stereocenters. The van der Waals surface area contributed by atoms with E-state index in [9.17, 15) is 4.79 Å². The third-order valence-corrected chi connectivity index (χ3v) is 4.83. The molecule has 0 aliphatic carbocycles. The summed E-state index contributed by atoms with van der Waals surface area (Å²) in [6, 6.07) is 7.66. The van der Waals surface area contributed by atoms with Crippen LogP contribution in [-0.2, 0) is 15.9 Å². The molecule has 8 nitrogen and oxygen atoms in total. The third kappa shape index (κ3) is 4.45. The molecular weight excluding hydrogens is 348 g/mol. The third-order valence-electron chi connectivity index (χ3n) is 4.83. The number of hydrogen-bond donors (Lipinski definition) is 1. The average molecular weight is 372 g/mol. The molecule has 3 heterocycles. The van der Waals surface area contributed by atoms with Crippen LogP contribution in [0.5, 0.6) is 0 Å². The number of carbonyl (C=O) groups is 1. The summed E-state index contributed by atoms with van der Waals surface area (Å²) in [6.07, 6.45) is 2.38. The lowest BCUT2D eigenvalue weighted by Crippen LogP contribution is -2.36. The quantitative estimate of drug-likeness (QED) is 0.826. The van der Waals surface area contributed by atoms with Gasteiger partial charge in [-0.3, -0.25) is 4.79 Å². The molecule has 2 aliphatic rings. The Bertz CT molecular complexity index is 749. The Kier molecular flexibility index (Phi) is 5.64. The SMILES string of the molecule is O=C(NCCc1noc([C@H]2CCCO2)n1)c1ccc(N2CCOCC2)cc1. The fraction of sp³-hybridized carbons (Fsp3) is 0.526. The molecule has 4 rings (SSSR count). The fourth-order valence-electron chi connectivity index (χ4n) is 3.31. The van der Waals surface area contributed by atoms with Crippen LogP contribution in [0, 0.1) is 0 Å². The van der Waals surface area contributed by atoms with Crippen LogP contribution in [0.4, 0.5) is 5.69 Å². The molecular formula is C19H24N4O4. The van der Waals surface area contributed by atoms with Crippen molar-refractivity contribution in [3.63, 3.8) is 0 Å². The minimum Gasteiger partial charge on any atom is -0.378 e. The zero-order valence-electron chi connectivity index (χ0n) is 15.2. The summed E-state index contributed by atoms with van der Waals surface area (Å²) >= 11 is 0. The number of hydrogen-bond acceptors (Lipinski definition) is 7. The number of rotatable bonds is 6. The van der Waals surface area contributed by atoms with Gasteiger partial charge in [0.2, 0.25) is 0 Å². The summed E-state index contributed by atoms with van der Waals surface area (Å²) in [7, 11) is 0. The van der Waals surface area contributed by atoms with Crippen LogP contribution in [0.15, 0.2) is 28.8 Å². The van der Waals surface area contributed by atoms with Crippen molar-refractivity contribution in [2.24, 2.45) is 0 Å². The van der Waals surface area contributed by atoms with Crippen molar-refractivity contribution in [1.29, 1.82) is 0 Å². The van der Waals surface area contributed by atoms with Crippen LogP contribution in [0.2, 0.25) is 0 Å². The highest BCUT2D eigenvalue weighted by Gasteiger charge is 2.23. The first-order valence-corrected chi connectivity index (χ1v) is 9.44. The lowest BCUT2D eigenvalue weighted by Gasteiger charge is -2.28. The highest BCUT2D eigenvalue weighted by molar-refractivity contribution is 5.94. The molecule has 2 fully saturated rings. The van der Waals surface area contributed by atoms with E-state index in [4.69, 9.17) is 14.0 Å². The molecule has 0 bridgehead atoms. The number of morpholine rings is 1. The second kappa shape index (κ2) is 8.49. The van der Waals surface area contributed by atoms with Crippen molar-refractivity contribution in [1.82, 2.24) is 15.5 Å². The summed E-state index contributed by atoms with van der Waals surface area (Å²) in [4.78, 5) is 18.9. The molecule has 1 atom stereocenters. The monoisotopic (exact) mass is 372 g/mol. The van der Waals surface area contributed by atoms with Gasteiger partial charge >= 0.3 is 0 Å². The van der Waals surface area contributed by atoms with Gasteiger partial charge in [-0.15, -0.1) is 0 Å². The number of aromatic nitrogens is 2. The summed E-state index contributed by atoms with van der Waals surface area (Å²) in [5.41, 5.74) is 1.75. The maximum Gasteiger partial charge on any atom is 0.255 e. The number of amides is 1. The van der Waals surface area contributed by atoms with Crippen LogP contribution < -0.4 is 10.2 Å². The van der Waals surface area contributed by atoms with Crippen molar-refractivity contribution in [2.75, 3.05) is 44.4 Å². The maximum atomic E-state index is 12.3. The Morgan fingerprint density at radius 2 is 2.00 bits per heavy atom. The number of carbonyl (C=O) groups excluding carboxylic acids is 1. The van der Waals surface area contributed by atoms with Gasteiger partial charge < -0.3 is 24.2 Å². The van der Waals surface area contributed by atoms with E-state index in [1.165, 1.54) is 0 Å². The van der Waals surface area contributed by atoms with Gasteiger partial charge in [0.05, 0.1) is 13.2 Å². The second-order valence-corrected chi connectivity index (χ2v) is 6.70. The van der Waals surface area contributed by atoms with E-state index < -0.39 is 0 Å². The number of nitrogens with zero attached hydrogens (tertiary/aromatic N) is 3. The molecule has 1 N–H and O–H groups in total. The standard InChI is InChI=1S/C19H24N4O4/c24-18(14-3-5-15(6-4-14)23-9-12-25-13-10-23)20-8-7-17-21-19(27-22-17)16-2-1-11-26-16/h3-6,16H,1-2,7-13H2,(H,20,24)/t16-/m1/s1. The van der Waals surface area contributed by atoms with Gasteiger partial charge in [0.25, 0.3) is 11.8 Å². The topological polar surface area (TPSA) is 89.7 Å². The molecule has 2 aromatic rings. The Labute approximate surface area is 157 Å². The van der Waals surface area contributed by atoms with E-state index in [1.807, 2.05) is 24.3 Å². The fourth-order valence-corrected chi connectivity index (χ4v) is 3.31. The second-order valence-electron chi connectivity index (χ2n) is 6.70. The van der Waals surface area contributed by atoms with Crippen molar-refractivity contribution in [3.8, 4) is 0 Å². The highest BCUT2D eigenvalue weighted by atomic mass is 16.5. The molecule has 1 aromatic heterocycles. The first-order valence-electron chi connectivity index (χ1n) is 9.44. The van der Waals surface area contributed by atoms with Crippen molar-refractivity contribution in [2.45, 2.75) is 25.4 Å². The number of anilines is 1. The van der Waals surface area contributed by atoms with E-state index in [2.05, 4.69) is 20.4 Å². The van der Waals surface area contributed by atoms with Crippen molar-refractivity contribution < 1.29 is 18.8 Å². The molecule has 0 radical (unpaired) electrons. The molecule has 1 amide bonds. The van der Waals surface area contributed by atoms with E-state index in [-0.39, 0.29) is 12.0 Å². The van der Waals surface area contributed by atoms with Crippen LogP contribution in [0.1, 0.15) is 41.0 Å². The Morgan fingerprint density at radius 3 is 2.74 bits per heavy atom.